The van der Waals surface area contributed by atoms with Crippen LogP contribution in [0.1, 0.15) is 118 Å². The molecule has 7 aromatic rings. The van der Waals surface area contributed by atoms with E-state index in [4.69, 9.17) is 9.47 Å². The minimum atomic E-state index is -1.14. The quantitative estimate of drug-likeness (QED) is 0.0305. The number of aryl methyl sites for hydroxylation is 2. The molecule has 0 spiro atoms. The van der Waals surface area contributed by atoms with Gasteiger partial charge in [-0.25, -0.2) is 23.8 Å². The number of methoxy groups -OCH3 is 1. The number of aromatic amines is 1. The van der Waals surface area contributed by atoms with Crippen LogP contribution in [0.15, 0.2) is 164 Å². The van der Waals surface area contributed by atoms with Crippen molar-refractivity contribution in [3.63, 3.8) is 0 Å². The molecular weight excluding hydrogens is 1090 g/mol. The Morgan fingerprint density at radius 3 is 1.61 bits per heavy atom. The molecule has 6 aromatic carbocycles. The number of hydrogen-bond acceptors (Lipinski definition) is 11. The SMILES string of the molecule is CCCC(CCC)C(=O)[O-].COCC(=O)O[C@]1(CCN(C)CCCc2nc3ccccc3[nH]2)CCc2cc(F)ccc2[C@@H]1C(C)C.O=C1NC(=O)C(c2ccccc2)(c2ccccc2)N1.O=C1NC(=O)C(c2ccccc2)(c2ccccc2)N1.[Na+]. The number of nitrogens with one attached hydrogen (secondary N) is 5. The number of carboxylic acids is 1. The van der Waals surface area contributed by atoms with Gasteiger partial charge in [-0.2, -0.15) is 0 Å². The van der Waals surface area contributed by atoms with Crippen molar-refractivity contribution in [3.8, 4) is 0 Å². The van der Waals surface area contributed by atoms with Gasteiger partial charge in [-0.1, -0.05) is 180 Å². The van der Waals surface area contributed by atoms with Crippen molar-refractivity contribution in [3.05, 3.63) is 209 Å². The molecule has 2 saturated heterocycles. The number of esters is 1. The number of carbonyl (C=O) groups is 6. The zero-order valence-electron chi connectivity index (χ0n) is 49.8. The van der Waals surface area contributed by atoms with E-state index in [0.717, 1.165) is 102 Å². The second-order valence-electron chi connectivity index (χ2n) is 21.8. The number of H-pyrrole nitrogens is 1. The van der Waals surface area contributed by atoms with Crippen LogP contribution in [0, 0.1) is 17.7 Å². The van der Waals surface area contributed by atoms with E-state index in [9.17, 15) is 38.3 Å². The maximum Gasteiger partial charge on any atom is 1.00 e. The monoisotopic (exact) mass is 1170 g/mol. The summed E-state index contributed by atoms with van der Waals surface area (Å²) in [5, 5.41) is 20.5. The van der Waals surface area contributed by atoms with Gasteiger partial charge in [-0.05, 0) is 115 Å². The van der Waals surface area contributed by atoms with Gasteiger partial charge in [0, 0.05) is 38.4 Å². The second kappa shape index (κ2) is 31.6. The Hall–Kier alpha value is -7.54. The van der Waals surface area contributed by atoms with E-state index in [1.54, 1.807) is 6.07 Å². The average Bonchev–Trinajstić information content (AvgIpc) is 2.55. The second-order valence-corrected chi connectivity index (χ2v) is 21.8. The number of rotatable bonds is 20. The van der Waals surface area contributed by atoms with Crippen LogP contribution < -0.4 is 55.9 Å². The summed E-state index contributed by atoms with van der Waals surface area (Å²) in [6.07, 6.45) is 7.30. The molecule has 85 heavy (non-hydrogen) atoms. The van der Waals surface area contributed by atoms with Gasteiger partial charge in [0.05, 0.1) is 11.0 Å². The van der Waals surface area contributed by atoms with E-state index in [1.807, 2.05) is 166 Å². The number of carbonyl (C=O) groups excluding carboxylic acids is 6. The van der Waals surface area contributed by atoms with E-state index >= 15 is 0 Å². The first-order valence-electron chi connectivity index (χ1n) is 28.8. The van der Waals surface area contributed by atoms with Crippen molar-refractivity contribution in [2.45, 2.75) is 108 Å². The Balaban J connectivity index is 0.000000200. The number of nitrogens with zero attached hydrogens (tertiary/aromatic N) is 2. The molecule has 18 heteroatoms. The normalized spacial score (nSPS) is 17.1. The molecular formula is C67H77FN7NaO9. The van der Waals surface area contributed by atoms with Gasteiger partial charge < -0.3 is 39.9 Å². The molecule has 0 saturated carbocycles. The van der Waals surface area contributed by atoms with Gasteiger partial charge in [0.25, 0.3) is 11.8 Å². The number of aliphatic carboxylic acids is 1. The molecule has 0 unspecified atom stereocenters. The molecule has 0 radical (unpaired) electrons. The topological polar surface area (TPSA) is 224 Å². The number of fused-ring (bicyclic) bond motifs is 2. The van der Waals surface area contributed by atoms with Gasteiger partial charge in [0.2, 0.25) is 0 Å². The summed E-state index contributed by atoms with van der Waals surface area (Å²) in [5.41, 5.74) is 4.21. The third-order valence-corrected chi connectivity index (χ3v) is 15.6. The molecule has 2 fully saturated rings. The fraction of sp³-hybridized carbons (Fsp3) is 0.358. The molecule has 10 rings (SSSR count). The maximum absolute atomic E-state index is 14.0. The number of amides is 6. The van der Waals surface area contributed by atoms with Crippen LogP contribution in [0.4, 0.5) is 14.0 Å². The number of carboxylic acid groups (broad SMARTS) is 1. The summed E-state index contributed by atoms with van der Waals surface area (Å²) in [6.45, 7) is 9.92. The summed E-state index contributed by atoms with van der Waals surface area (Å²) < 4.78 is 25.3. The van der Waals surface area contributed by atoms with E-state index in [-0.39, 0.29) is 77.5 Å². The predicted molar refractivity (Wildman–Crippen MR) is 319 cm³/mol. The van der Waals surface area contributed by atoms with Crippen LogP contribution in [0.2, 0.25) is 0 Å². The largest absolute Gasteiger partial charge is 1.00 e. The fourth-order valence-corrected chi connectivity index (χ4v) is 11.7. The molecule has 16 nitrogen and oxygen atoms in total. The number of imidazole rings is 1. The molecule has 5 N–H and O–H groups in total. The zero-order valence-corrected chi connectivity index (χ0v) is 51.8. The molecule has 2 aliphatic heterocycles. The van der Waals surface area contributed by atoms with Crippen molar-refractivity contribution in [1.82, 2.24) is 36.1 Å². The molecule has 1 aromatic heterocycles. The van der Waals surface area contributed by atoms with E-state index in [0.29, 0.717) is 19.3 Å². The summed E-state index contributed by atoms with van der Waals surface area (Å²) in [4.78, 5) is 81.2. The number of halogens is 1. The first-order valence-corrected chi connectivity index (χ1v) is 28.8. The molecule has 2 atom stereocenters. The molecule has 1 aliphatic carbocycles. The predicted octanol–water partition coefficient (Wildman–Crippen LogP) is 6.77. The number of benzene rings is 6. The van der Waals surface area contributed by atoms with Crippen molar-refractivity contribution >= 4 is 46.8 Å². The van der Waals surface area contributed by atoms with Crippen LogP contribution >= 0.6 is 0 Å². The van der Waals surface area contributed by atoms with Gasteiger partial charge >= 0.3 is 47.6 Å². The minimum absolute atomic E-state index is 0. The van der Waals surface area contributed by atoms with Crippen LogP contribution in [0.25, 0.3) is 11.0 Å². The number of aromatic nitrogens is 2. The number of para-hydroxylation sites is 2. The number of ether oxygens (including phenoxy) is 2. The van der Waals surface area contributed by atoms with Crippen LogP contribution in [0.3, 0.4) is 0 Å². The molecule has 442 valence electrons. The van der Waals surface area contributed by atoms with Gasteiger partial charge in [-0.15, -0.1) is 0 Å². The summed E-state index contributed by atoms with van der Waals surface area (Å²) >= 11 is 0. The minimum Gasteiger partial charge on any atom is -0.550 e. The molecule has 0 bridgehead atoms. The van der Waals surface area contributed by atoms with E-state index in [1.165, 1.54) is 13.2 Å². The third-order valence-electron chi connectivity index (χ3n) is 15.6. The standard InChI is InChI=1S/C29H38FN3O3.2C15H12N2O2.C8H16O2.Na/c1-20(2)28-23-12-11-22(30)18-21(23)13-14-29(28,36-27(34)19-35-4)15-17-33(3)16-7-10-26-31-24-8-5-6-9-25(24)32-26;2*18-13-15(17-14(19)16-13,11-7-3-1-4-8-11)12-9-5-2-6-10-12;1-3-5-7(6-4-2)8(9)10;/h5-6,8-9,11-12,18,20,28H,7,10,13-17,19H2,1-4H3,(H,31,32);2*1-10H,(H2,16,17,18,19);7H,3-6H2,1-2H3,(H,9,10);/q;;;;+1/p-1/t28-,29-;;;;/m0..../s1. The number of imide groups is 2. The first kappa shape index (κ1) is 66.6. The van der Waals surface area contributed by atoms with Crippen molar-refractivity contribution < 1.29 is 77.3 Å². The zero-order chi connectivity index (χ0) is 60.3. The first-order chi connectivity index (χ1) is 40.5. The van der Waals surface area contributed by atoms with Gasteiger partial charge in [-0.3, -0.25) is 20.2 Å². The number of urea groups is 2. The van der Waals surface area contributed by atoms with E-state index in [2.05, 4.69) is 57.0 Å². The van der Waals surface area contributed by atoms with Crippen molar-refractivity contribution in [2.75, 3.05) is 33.9 Å². The van der Waals surface area contributed by atoms with Gasteiger partial charge in [0.15, 0.2) is 11.1 Å². The van der Waals surface area contributed by atoms with Crippen LogP contribution in [-0.2, 0) is 52.6 Å². The Morgan fingerprint density at radius 1 is 0.706 bits per heavy atom. The average molecular weight is 1170 g/mol. The van der Waals surface area contributed by atoms with Crippen LogP contribution in [0.5, 0.6) is 0 Å². The smallest absolute Gasteiger partial charge is 0.550 e. The van der Waals surface area contributed by atoms with Gasteiger partial charge in [0.1, 0.15) is 23.8 Å². The van der Waals surface area contributed by atoms with Crippen LogP contribution in [-0.4, -0.2) is 90.1 Å². The van der Waals surface area contributed by atoms with E-state index < -0.39 is 34.7 Å². The molecule has 6 amide bonds. The summed E-state index contributed by atoms with van der Waals surface area (Å²) in [5.74, 6) is -1.14. The van der Waals surface area contributed by atoms with Crippen molar-refractivity contribution in [2.24, 2.45) is 11.8 Å². The maximum atomic E-state index is 14.0. The summed E-state index contributed by atoms with van der Waals surface area (Å²) in [6, 6.07) is 49.1. The summed E-state index contributed by atoms with van der Waals surface area (Å²) in [7, 11) is 3.61. The Labute approximate surface area is 519 Å². The fourth-order valence-electron chi connectivity index (χ4n) is 11.7. The van der Waals surface area contributed by atoms with Crippen molar-refractivity contribution in [1.29, 1.82) is 0 Å². The Morgan fingerprint density at radius 2 is 1.19 bits per heavy atom. The number of hydrogen-bond donors (Lipinski definition) is 5. The third kappa shape index (κ3) is 16.5. The molecule has 3 aliphatic rings. The Kier molecular flexibility index (Phi) is 24.7. The molecule has 3 heterocycles. The Bertz CT molecular complexity index is 3080.